The highest BCUT2D eigenvalue weighted by molar-refractivity contribution is 7.89. The van der Waals surface area contributed by atoms with E-state index in [2.05, 4.69) is 6.07 Å². The van der Waals surface area contributed by atoms with Crippen LogP contribution >= 0.6 is 11.6 Å². The molecule has 0 radical (unpaired) electrons. The number of halogens is 2. The SMILES string of the molecule is N#CCCCn1c(CN2C(=O)C3(CN(S(=O)(=O)c4ccc(F)cc4)C3)c3ccccc32)nc2cc(Cl)ccc21. The number of hydrogen-bond donors (Lipinski definition) is 0. The van der Waals surface area contributed by atoms with Gasteiger partial charge < -0.3 is 9.47 Å². The van der Waals surface area contributed by atoms with Gasteiger partial charge in [-0.1, -0.05) is 29.8 Å². The molecule has 1 fully saturated rings. The minimum absolute atomic E-state index is 0.00670. The summed E-state index contributed by atoms with van der Waals surface area (Å²) in [6.45, 7) is 0.723. The number of para-hydroxylation sites is 1. The third kappa shape index (κ3) is 4.09. The van der Waals surface area contributed by atoms with Crippen molar-refractivity contribution in [2.45, 2.75) is 36.2 Å². The van der Waals surface area contributed by atoms with Crippen molar-refractivity contribution in [2.75, 3.05) is 18.0 Å². The highest BCUT2D eigenvalue weighted by atomic mass is 35.5. The van der Waals surface area contributed by atoms with E-state index >= 15 is 0 Å². The second-order valence-electron chi connectivity index (χ2n) is 9.79. The number of sulfonamides is 1. The van der Waals surface area contributed by atoms with Crippen molar-refractivity contribution in [3.63, 3.8) is 0 Å². The van der Waals surface area contributed by atoms with Crippen LogP contribution in [-0.2, 0) is 33.3 Å². The van der Waals surface area contributed by atoms with E-state index in [0.29, 0.717) is 35.8 Å². The van der Waals surface area contributed by atoms with Crippen LogP contribution in [0.1, 0.15) is 24.2 Å². The standard InChI is InChI=1S/C28H23ClFN5O3S/c29-19-7-12-25-23(15-19)32-26(34(25)14-4-3-13-31)16-35-24-6-2-1-5-22(24)28(27(35)36)17-33(18-28)39(37,38)21-10-8-20(30)9-11-21/h1-2,5-12,15H,3-4,14,16-18H2. The molecule has 4 aromatic rings. The van der Waals surface area contributed by atoms with Crippen LogP contribution in [0.25, 0.3) is 11.0 Å². The van der Waals surface area contributed by atoms with Gasteiger partial charge in [-0.15, -0.1) is 0 Å². The number of carbonyl (C=O) groups excluding carboxylic acids is 1. The molecule has 0 unspecified atom stereocenters. The quantitative estimate of drug-likeness (QED) is 0.305. The molecule has 2 aliphatic heterocycles. The number of aryl methyl sites for hydroxylation is 1. The molecule has 3 aromatic carbocycles. The van der Waals surface area contributed by atoms with E-state index < -0.39 is 21.3 Å². The normalized spacial score (nSPS) is 16.4. The summed E-state index contributed by atoms with van der Waals surface area (Å²) in [6, 6.07) is 19.7. The molecule has 11 heteroatoms. The van der Waals surface area contributed by atoms with E-state index in [-0.39, 0.29) is 30.4 Å². The third-order valence-corrected chi connectivity index (χ3v) is 9.51. The number of anilines is 1. The van der Waals surface area contributed by atoms with Crippen LogP contribution in [0.2, 0.25) is 5.02 Å². The Hall–Kier alpha value is -3.78. The lowest BCUT2D eigenvalue weighted by molar-refractivity contribution is -0.127. The number of imidazole rings is 1. The number of benzene rings is 3. The molecule has 39 heavy (non-hydrogen) atoms. The van der Waals surface area contributed by atoms with E-state index in [1.165, 1.54) is 16.4 Å². The molecule has 1 spiro atoms. The number of hydrogen-bond acceptors (Lipinski definition) is 5. The minimum Gasteiger partial charge on any atom is -0.326 e. The molecule has 0 N–H and O–H groups in total. The molecule has 6 rings (SSSR count). The van der Waals surface area contributed by atoms with Gasteiger partial charge in [0.25, 0.3) is 0 Å². The molecule has 1 amide bonds. The molecule has 198 valence electrons. The van der Waals surface area contributed by atoms with E-state index in [9.17, 15) is 17.6 Å². The molecule has 2 aliphatic rings. The largest absolute Gasteiger partial charge is 0.326 e. The zero-order valence-corrected chi connectivity index (χ0v) is 22.3. The van der Waals surface area contributed by atoms with Gasteiger partial charge in [0, 0.05) is 36.8 Å². The van der Waals surface area contributed by atoms with Crippen LogP contribution in [0.5, 0.6) is 0 Å². The Morgan fingerprint density at radius 1 is 1.08 bits per heavy atom. The summed E-state index contributed by atoms with van der Waals surface area (Å²) in [6.07, 6.45) is 1.02. The van der Waals surface area contributed by atoms with Crippen LogP contribution < -0.4 is 4.90 Å². The summed E-state index contributed by atoms with van der Waals surface area (Å²) >= 11 is 6.20. The van der Waals surface area contributed by atoms with E-state index in [1.807, 2.05) is 34.9 Å². The van der Waals surface area contributed by atoms with Gasteiger partial charge in [-0.25, -0.2) is 17.8 Å². The van der Waals surface area contributed by atoms with Crippen molar-refractivity contribution in [1.29, 1.82) is 5.26 Å². The summed E-state index contributed by atoms with van der Waals surface area (Å²) in [5.74, 6) is -0.0612. The van der Waals surface area contributed by atoms with Gasteiger partial charge in [-0.05, 0) is 60.5 Å². The zero-order valence-electron chi connectivity index (χ0n) is 20.7. The third-order valence-electron chi connectivity index (χ3n) is 7.47. The maximum Gasteiger partial charge on any atom is 0.243 e. The fourth-order valence-corrected chi connectivity index (χ4v) is 7.25. The molecular weight excluding hydrogens is 541 g/mol. The second-order valence-corrected chi connectivity index (χ2v) is 12.2. The number of amides is 1. The molecule has 0 bridgehead atoms. The van der Waals surface area contributed by atoms with Gasteiger partial charge in [-0.3, -0.25) is 4.79 Å². The average Bonchev–Trinajstić information content (AvgIpc) is 3.35. The number of fused-ring (bicyclic) bond motifs is 3. The second kappa shape index (κ2) is 9.45. The summed E-state index contributed by atoms with van der Waals surface area (Å²) in [4.78, 5) is 20.5. The van der Waals surface area contributed by atoms with Gasteiger partial charge in [0.2, 0.25) is 15.9 Å². The molecule has 0 saturated carbocycles. The Morgan fingerprint density at radius 3 is 2.56 bits per heavy atom. The molecule has 3 heterocycles. The summed E-state index contributed by atoms with van der Waals surface area (Å²) in [5.41, 5.74) is 2.04. The maximum atomic E-state index is 14.0. The Bertz CT molecular complexity index is 1760. The van der Waals surface area contributed by atoms with Crippen molar-refractivity contribution >= 4 is 44.3 Å². The lowest BCUT2D eigenvalue weighted by Crippen LogP contribution is -2.65. The van der Waals surface area contributed by atoms with Crippen molar-refractivity contribution in [1.82, 2.24) is 13.9 Å². The molecule has 0 atom stereocenters. The van der Waals surface area contributed by atoms with Gasteiger partial charge in [0.1, 0.15) is 17.1 Å². The van der Waals surface area contributed by atoms with E-state index in [0.717, 1.165) is 28.9 Å². The first kappa shape index (κ1) is 25.5. The van der Waals surface area contributed by atoms with Crippen LogP contribution in [0.3, 0.4) is 0 Å². The fraction of sp³-hybridized carbons (Fsp3) is 0.250. The summed E-state index contributed by atoms with van der Waals surface area (Å²) < 4.78 is 43.0. The summed E-state index contributed by atoms with van der Waals surface area (Å²) in [5, 5.41) is 9.58. The summed E-state index contributed by atoms with van der Waals surface area (Å²) in [7, 11) is -3.89. The van der Waals surface area contributed by atoms with Gasteiger partial charge in [-0.2, -0.15) is 9.57 Å². The van der Waals surface area contributed by atoms with Crippen molar-refractivity contribution in [3.05, 3.63) is 89.0 Å². The Kier molecular flexibility index (Phi) is 6.18. The highest BCUT2D eigenvalue weighted by Gasteiger charge is 2.60. The number of rotatable bonds is 7. The molecular formula is C28H23ClFN5O3S. The smallest absolute Gasteiger partial charge is 0.243 e. The van der Waals surface area contributed by atoms with Gasteiger partial charge >= 0.3 is 0 Å². The van der Waals surface area contributed by atoms with Crippen LogP contribution in [0, 0.1) is 17.1 Å². The number of carbonyl (C=O) groups is 1. The first-order valence-corrected chi connectivity index (χ1v) is 14.3. The monoisotopic (exact) mass is 563 g/mol. The topological polar surface area (TPSA) is 99.3 Å². The molecule has 1 saturated heterocycles. The maximum absolute atomic E-state index is 14.0. The highest BCUT2D eigenvalue weighted by Crippen LogP contribution is 2.49. The first-order valence-electron chi connectivity index (χ1n) is 12.4. The molecule has 1 aromatic heterocycles. The fourth-order valence-electron chi connectivity index (χ4n) is 5.52. The van der Waals surface area contributed by atoms with E-state index in [1.54, 1.807) is 17.0 Å². The number of unbranched alkanes of at least 4 members (excludes halogenated alkanes) is 1. The van der Waals surface area contributed by atoms with Crippen molar-refractivity contribution in [2.24, 2.45) is 0 Å². The van der Waals surface area contributed by atoms with Crippen LogP contribution in [0.15, 0.2) is 71.6 Å². The Balaban J connectivity index is 1.33. The van der Waals surface area contributed by atoms with Crippen LogP contribution in [-0.4, -0.2) is 41.3 Å². The number of nitriles is 1. The predicted molar refractivity (Wildman–Crippen MR) is 144 cm³/mol. The van der Waals surface area contributed by atoms with Crippen LogP contribution in [0.4, 0.5) is 10.1 Å². The minimum atomic E-state index is -3.89. The predicted octanol–water partition coefficient (Wildman–Crippen LogP) is 4.62. The Labute approximate surface area is 229 Å². The van der Waals surface area contributed by atoms with Gasteiger partial charge in [0.05, 0.1) is 28.5 Å². The lowest BCUT2D eigenvalue weighted by atomic mass is 9.76. The number of nitrogens with zero attached hydrogens (tertiary/aromatic N) is 5. The Morgan fingerprint density at radius 2 is 1.82 bits per heavy atom. The van der Waals surface area contributed by atoms with E-state index in [4.69, 9.17) is 21.8 Å². The average molecular weight is 564 g/mol. The molecule has 8 nitrogen and oxygen atoms in total. The molecule has 0 aliphatic carbocycles. The zero-order chi connectivity index (χ0) is 27.4. The van der Waals surface area contributed by atoms with Gasteiger partial charge in [0.15, 0.2) is 0 Å². The first-order chi connectivity index (χ1) is 18.7. The van der Waals surface area contributed by atoms with Crippen molar-refractivity contribution < 1.29 is 17.6 Å². The number of aromatic nitrogens is 2. The van der Waals surface area contributed by atoms with Crippen molar-refractivity contribution in [3.8, 4) is 6.07 Å². The lowest BCUT2D eigenvalue weighted by Gasteiger charge is -2.45.